The van der Waals surface area contributed by atoms with E-state index in [1.54, 1.807) is 13.0 Å². The third kappa shape index (κ3) is 5.02. The van der Waals surface area contributed by atoms with Crippen molar-refractivity contribution in [3.63, 3.8) is 0 Å². The van der Waals surface area contributed by atoms with Gasteiger partial charge in [0.15, 0.2) is 0 Å². The highest BCUT2D eigenvalue weighted by molar-refractivity contribution is 5.90. The Morgan fingerprint density at radius 1 is 1.24 bits per heavy atom. The van der Waals surface area contributed by atoms with Crippen molar-refractivity contribution in [3.05, 3.63) is 49.1 Å². The van der Waals surface area contributed by atoms with Crippen molar-refractivity contribution < 1.29 is 39.5 Å². The maximum absolute atomic E-state index is 12.4. The monoisotopic (exact) mass is 410 g/mol. The van der Waals surface area contributed by atoms with Crippen molar-refractivity contribution in [2.75, 3.05) is 20.3 Å². The first-order valence-electron chi connectivity index (χ1n) is 9.05. The van der Waals surface area contributed by atoms with Gasteiger partial charge in [0.1, 0.15) is 12.2 Å². The lowest BCUT2D eigenvalue weighted by molar-refractivity contribution is -0.162. The number of aliphatic hydroxyl groups is 4. The van der Waals surface area contributed by atoms with Crippen molar-refractivity contribution in [1.29, 1.82) is 0 Å². The molecular formula is C21H30O8. The Hall–Kier alpha value is -2.26. The lowest BCUT2D eigenvalue weighted by Crippen LogP contribution is -2.54. The van der Waals surface area contributed by atoms with Gasteiger partial charge in [0.25, 0.3) is 0 Å². The first kappa shape index (κ1) is 24.8. The Kier molecular flexibility index (Phi) is 8.52. The predicted octanol–water partition coefficient (Wildman–Crippen LogP) is 0.275. The van der Waals surface area contributed by atoms with E-state index >= 15 is 0 Å². The van der Waals surface area contributed by atoms with Gasteiger partial charge in [-0.25, -0.2) is 9.59 Å². The van der Waals surface area contributed by atoms with E-state index in [0.29, 0.717) is 5.57 Å². The molecule has 29 heavy (non-hydrogen) atoms. The zero-order valence-corrected chi connectivity index (χ0v) is 16.8. The summed E-state index contributed by atoms with van der Waals surface area (Å²) in [5.74, 6) is -3.54. The van der Waals surface area contributed by atoms with Crippen LogP contribution in [-0.2, 0) is 19.1 Å². The summed E-state index contributed by atoms with van der Waals surface area (Å²) >= 11 is 0. The van der Waals surface area contributed by atoms with Crippen molar-refractivity contribution in [1.82, 2.24) is 0 Å². The normalized spacial score (nSPS) is 30.0. The zero-order chi connectivity index (χ0) is 22.5. The topological polar surface area (TPSA) is 134 Å². The number of rotatable bonds is 9. The van der Waals surface area contributed by atoms with Gasteiger partial charge < -0.3 is 29.9 Å². The van der Waals surface area contributed by atoms with Gasteiger partial charge in [-0.05, 0) is 17.4 Å². The van der Waals surface area contributed by atoms with Gasteiger partial charge in [0.05, 0.1) is 37.9 Å². The van der Waals surface area contributed by atoms with E-state index in [0.717, 1.165) is 7.11 Å². The Labute approximate surface area is 170 Å². The number of aliphatic hydroxyl groups excluding tert-OH is 4. The smallest absolute Gasteiger partial charge is 0.336 e. The standard InChI is InChI=1S/C21H30O8/c1-7-21(5)8-15(29-20(27)12(3)14(24)10-23)16(13(4)19(26)28-6)18(25)17(21)11(2)9-22/h7,14-18,22-25H,1-4,8-10H2,5-6H3/t14-,15-,16+,17+,18+,21-/m1/s1. The Bertz CT molecular complexity index is 697. The van der Waals surface area contributed by atoms with Crippen LogP contribution in [0.2, 0.25) is 0 Å². The van der Waals surface area contributed by atoms with E-state index in [1.807, 2.05) is 0 Å². The number of esters is 2. The highest BCUT2D eigenvalue weighted by Crippen LogP contribution is 2.50. The minimum atomic E-state index is -1.51. The molecule has 8 heteroatoms. The first-order valence-corrected chi connectivity index (χ1v) is 9.05. The van der Waals surface area contributed by atoms with E-state index in [9.17, 15) is 24.9 Å². The second kappa shape index (κ2) is 9.98. The van der Waals surface area contributed by atoms with Crippen LogP contribution in [0.4, 0.5) is 0 Å². The average Bonchev–Trinajstić information content (AvgIpc) is 2.70. The molecule has 0 heterocycles. The third-order valence-corrected chi connectivity index (χ3v) is 5.52. The fraction of sp³-hybridized carbons (Fsp3) is 0.524. The first-order chi connectivity index (χ1) is 13.5. The van der Waals surface area contributed by atoms with E-state index in [4.69, 9.17) is 14.6 Å². The Morgan fingerprint density at radius 2 is 1.83 bits per heavy atom. The molecule has 0 aromatic rings. The van der Waals surface area contributed by atoms with Gasteiger partial charge in [-0.2, -0.15) is 0 Å². The molecule has 0 saturated heterocycles. The lowest BCUT2D eigenvalue weighted by Gasteiger charge is -2.50. The Morgan fingerprint density at radius 3 is 2.28 bits per heavy atom. The van der Waals surface area contributed by atoms with Crippen molar-refractivity contribution in [3.8, 4) is 0 Å². The van der Waals surface area contributed by atoms with Gasteiger partial charge in [-0.1, -0.05) is 32.7 Å². The fourth-order valence-electron chi connectivity index (χ4n) is 3.79. The molecule has 1 saturated carbocycles. The molecular weight excluding hydrogens is 380 g/mol. The molecule has 0 bridgehead atoms. The van der Waals surface area contributed by atoms with Gasteiger partial charge in [-0.3, -0.25) is 0 Å². The van der Waals surface area contributed by atoms with Crippen LogP contribution >= 0.6 is 0 Å². The molecule has 0 spiro atoms. The molecule has 4 N–H and O–H groups in total. The molecule has 0 aromatic carbocycles. The summed E-state index contributed by atoms with van der Waals surface area (Å²) < 4.78 is 10.2. The van der Waals surface area contributed by atoms with Crippen LogP contribution in [0.25, 0.3) is 0 Å². The Balaban J connectivity index is 3.38. The number of ether oxygens (including phenoxy) is 2. The summed E-state index contributed by atoms with van der Waals surface area (Å²) in [5, 5.41) is 39.3. The molecule has 0 aromatic heterocycles. The summed E-state index contributed by atoms with van der Waals surface area (Å²) in [6, 6.07) is 0. The van der Waals surface area contributed by atoms with Crippen molar-refractivity contribution >= 4 is 11.9 Å². The summed E-state index contributed by atoms with van der Waals surface area (Å²) in [5.41, 5.74) is -0.999. The van der Waals surface area contributed by atoms with Crippen LogP contribution in [0.15, 0.2) is 49.1 Å². The molecule has 8 nitrogen and oxygen atoms in total. The molecule has 1 fully saturated rings. The fourth-order valence-corrected chi connectivity index (χ4v) is 3.79. The van der Waals surface area contributed by atoms with Gasteiger partial charge in [0, 0.05) is 11.5 Å². The van der Waals surface area contributed by atoms with Crippen LogP contribution < -0.4 is 0 Å². The molecule has 1 rings (SSSR count). The maximum atomic E-state index is 12.4. The van der Waals surface area contributed by atoms with E-state index in [2.05, 4.69) is 26.3 Å². The van der Waals surface area contributed by atoms with Gasteiger partial charge in [-0.15, -0.1) is 6.58 Å². The molecule has 162 valence electrons. The van der Waals surface area contributed by atoms with E-state index in [-0.39, 0.29) is 17.6 Å². The van der Waals surface area contributed by atoms with E-state index in [1.165, 1.54) is 0 Å². The highest BCUT2D eigenvalue weighted by Gasteiger charge is 2.53. The second-order valence-corrected chi connectivity index (χ2v) is 7.41. The minimum absolute atomic E-state index is 0.117. The zero-order valence-electron chi connectivity index (χ0n) is 16.8. The summed E-state index contributed by atoms with van der Waals surface area (Å²) in [7, 11) is 1.15. The number of hydrogen-bond acceptors (Lipinski definition) is 8. The minimum Gasteiger partial charge on any atom is -0.466 e. The quantitative estimate of drug-likeness (QED) is 0.242. The largest absolute Gasteiger partial charge is 0.466 e. The second-order valence-electron chi connectivity index (χ2n) is 7.41. The molecule has 0 radical (unpaired) electrons. The van der Waals surface area contributed by atoms with Crippen LogP contribution in [0.3, 0.4) is 0 Å². The lowest BCUT2D eigenvalue weighted by atomic mass is 9.58. The van der Waals surface area contributed by atoms with Crippen molar-refractivity contribution in [2.45, 2.75) is 31.7 Å². The maximum Gasteiger partial charge on any atom is 0.336 e. The van der Waals surface area contributed by atoms with Gasteiger partial charge >= 0.3 is 11.9 Å². The van der Waals surface area contributed by atoms with Crippen LogP contribution in [0.5, 0.6) is 0 Å². The van der Waals surface area contributed by atoms with E-state index < -0.39 is 60.7 Å². The number of carbonyl (C=O) groups is 2. The summed E-state index contributed by atoms with van der Waals surface area (Å²) in [6.07, 6.45) is -2.17. The molecule has 6 atom stereocenters. The van der Waals surface area contributed by atoms with Crippen LogP contribution in [0.1, 0.15) is 13.3 Å². The highest BCUT2D eigenvalue weighted by atomic mass is 16.5. The number of allylic oxidation sites excluding steroid dienone is 1. The third-order valence-electron chi connectivity index (χ3n) is 5.52. The van der Waals surface area contributed by atoms with Crippen LogP contribution in [-0.4, -0.2) is 71.0 Å². The van der Waals surface area contributed by atoms with Gasteiger partial charge in [0.2, 0.25) is 0 Å². The molecule has 1 aliphatic rings. The average molecular weight is 410 g/mol. The molecule has 0 aliphatic heterocycles. The molecule has 0 amide bonds. The van der Waals surface area contributed by atoms with Crippen LogP contribution in [0, 0.1) is 17.3 Å². The number of methoxy groups -OCH3 is 1. The SMILES string of the molecule is C=C[C@]1(C)C[C@@H](OC(=O)C(=C)[C@H](O)CO)[C@H](C(=C)C(=O)OC)[C@H](O)[C@@H]1C(=C)CO. The predicted molar refractivity (Wildman–Crippen MR) is 105 cm³/mol. The number of hydrogen-bond donors (Lipinski definition) is 4. The van der Waals surface area contributed by atoms with Crippen molar-refractivity contribution in [2.24, 2.45) is 17.3 Å². The number of carbonyl (C=O) groups excluding carboxylic acids is 2. The molecule has 0 unspecified atom stereocenters. The molecule has 1 aliphatic carbocycles. The summed E-state index contributed by atoms with van der Waals surface area (Å²) in [4.78, 5) is 24.5. The summed E-state index contributed by atoms with van der Waals surface area (Å²) in [6.45, 7) is 15.3.